The van der Waals surface area contributed by atoms with E-state index in [4.69, 9.17) is 0 Å². The third-order valence-electron chi connectivity index (χ3n) is 4.75. The van der Waals surface area contributed by atoms with Crippen LogP contribution in [0.4, 0.5) is 0 Å². The molecule has 0 bridgehead atoms. The van der Waals surface area contributed by atoms with Crippen molar-refractivity contribution in [1.82, 2.24) is 10.2 Å². The number of hydrogen-bond donors (Lipinski definition) is 1. The fourth-order valence-electron chi connectivity index (χ4n) is 3.09. The quantitative estimate of drug-likeness (QED) is 0.588. The standard InChI is InChI=1S/C24H32N2O2S/c1-4-15-25-24(28)22(5-2)26(16-20-13-11-19(3)12-14-20)23(27)18-29-17-21-9-7-6-8-10-21/h6-14,22H,4-5,15-18H2,1-3H3,(H,25,28)/t22-/m0/s1. The zero-order valence-electron chi connectivity index (χ0n) is 17.7. The van der Waals surface area contributed by atoms with Crippen LogP contribution in [0.1, 0.15) is 43.4 Å². The Kier molecular flexibility index (Phi) is 9.78. The van der Waals surface area contributed by atoms with Gasteiger partial charge in [0.15, 0.2) is 0 Å². The molecule has 0 heterocycles. The molecule has 0 spiro atoms. The molecule has 0 aliphatic rings. The van der Waals surface area contributed by atoms with Gasteiger partial charge in [0, 0.05) is 18.8 Å². The first kappa shape index (κ1) is 23.0. The van der Waals surface area contributed by atoms with E-state index < -0.39 is 6.04 Å². The van der Waals surface area contributed by atoms with Crippen molar-refractivity contribution in [3.8, 4) is 0 Å². The first-order valence-corrected chi connectivity index (χ1v) is 11.4. The molecule has 4 nitrogen and oxygen atoms in total. The van der Waals surface area contributed by atoms with Crippen molar-refractivity contribution < 1.29 is 9.59 Å². The number of amides is 2. The predicted octanol–water partition coefficient (Wildman–Crippen LogP) is 4.56. The summed E-state index contributed by atoms with van der Waals surface area (Å²) in [5, 5.41) is 2.96. The first-order chi connectivity index (χ1) is 14.0. The summed E-state index contributed by atoms with van der Waals surface area (Å²) in [5.41, 5.74) is 3.42. The van der Waals surface area contributed by atoms with Gasteiger partial charge in [0.1, 0.15) is 6.04 Å². The molecule has 29 heavy (non-hydrogen) atoms. The highest BCUT2D eigenvalue weighted by Crippen LogP contribution is 2.17. The minimum Gasteiger partial charge on any atom is -0.354 e. The summed E-state index contributed by atoms with van der Waals surface area (Å²) in [6, 6.07) is 17.8. The van der Waals surface area contributed by atoms with Crippen LogP contribution in [0.15, 0.2) is 54.6 Å². The number of carbonyl (C=O) groups is 2. The van der Waals surface area contributed by atoms with Crippen molar-refractivity contribution in [2.24, 2.45) is 0 Å². The lowest BCUT2D eigenvalue weighted by Gasteiger charge is -2.30. The summed E-state index contributed by atoms with van der Waals surface area (Å²) in [4.78, 5) is 27.6. The van der Waals surface area contributed by atoms with Gasteiger partial charge in [-0.25, -0.2) is 0 Å². The molecular formula is C24H32N2O2S. The average molecular weight is 413 g/mol. The van der Waals surface area contributed by atoms with Gasteiger partial charge in [-0.05, 0) is 30.9 Å². The molecule has 0 aliphatic heterocycles. The third kappa shape index (κ3) is 7.58. The van der Waals surface area contributed by atoms with Gasteiger partial charge in [0.2, 0.25) is 11.8 Å². The number of hydrogen-bond acceptors (Lipinski definition) is 3. The molecular weight excluding hydrogens is 380 g/mol. The molecule has 1 N–H and O–H groups in total. The molecule has 0 saturated carbocycles. The fraction of sp³-hybridized carbons (Fsp3) is 0.417. The lowest BCUT2D eigenvalue weighted by atomic mass is 10.1. The van der Waals surface area contributed by atoms with E-state index in [-0.39, 0.29) is 11.8 Å². The van der Waals surface area contributed by atoms with Crippen molar-refractivity contribution in [2.75, 3.05) is 12.3 Å². The number of carbonyl (C=O) groups excluding carboxylic acids is 2. The summed E-state index contributed by atoms with van der Waals surface area (Å²) in [5.74, 6) is 1.08. The van der Waals surface area contributed by atoms with Crippen LogP contribution in [0.3, 0.4) is 0 Å². The van der Waals surface area contributed by atoms with Gasteiger partial charge in [0.05, 0.1) is 5.75 Å². The number of nitrogens with zero attached hydrogens (tertiary/aromatic N) is 1. The van der Waals surface area contributed by atoms with Gasteiger partial charge in [-0.1, -0.05) is 74.0 Å². The molecule has 2 aromatic carbocycles. The molecule has 2 aromatic rings. The second kappa shape index (κ2) is 12.3. The van der Waals surface area contributed by atoms with Gasteiger partial charge in [-0.2, -0.15) is 0 Å². The Labute approximate surface area is 179 Å². The second-order valence-corrected chi connectivity index (χ2v) is 8.19. The van der Waals surface area contributed by atoms with Gasteiger partial charge in [-0.3, -0.25) is 9.59 Å². The Morgan fingerprint density at radius 2 is 1.69 bits per heavy atom. The Bertz CT molecular complexity index is 762. The summed E-state index contributed by atoms with van der Waals surface area (Å²) >= 11 is 1.59. The van der Waals surface area contributed by atoms with Crippen molar-refractivity contribution in [3.05, 3.63) is 71.3 Å². The molecule has 2 rings (SSSR count). The van der Waals surface area contributed by atoms with Crippen LogP contribution in [0.5, 0.6) is 0 Å². The summed E-state index contributed by atoms with van der Waals surface area (Å²) in [6.07, 6.45) is 1.47. The number of thioether (sulfide) groups is 1. The smallest absolute Gasteiger partial charge is 0.242 e. The minimum atomic E-state index is -0.451. The van der Waals surface area contributed by atoms with E-state index in [1.807, 2.05) is 63.2 Å². The zero-order chi connectivity index (χ0) is 21.1. The molecule has 0 fully saturated rings. The average Bonchev–Trinajstić information content (AvgIpc) is 2.74. The maximum Gasteiger partial charge on any atom is 0.242 e. The van der Waals surface area contributed by atoms with Gasteiger partial charge in [-0.15, -0.1) is 11.8 Å². The molecule has 156 valence electrons. The molecule has 0 unspecified atom stereocenters. The highest BCUT2D eigenvalue weighted by molar-refractivity contribution is 7.99. The molecule has 0 aromatic heterocycles. The lowest BCUT2D eigenvalue weighted by molar-refractivity contribution is -0.139. The summed E-state index contributed by atoms with van der Waals surface area (Å²) in [7, 11) is 0. The lowest BCUT2D eigenvalue weighted by Crippen LogP contribution is -2.49. The van der Waals surface area contributed by atoms with Crippen molar-refractivity contribution in [1.29, 1.82) is 0 Å². The number of benzene rings is 2. The first-order valence-electron chi connectivity index (χ1n) is 10.3. The highest BCUT2D eigenvalue weighted by atomic mass is 32.2. The molecule has 1 atom stereocenters. The van der Waals surface area contributed by atoms with E-state index in [0.29, 0.717) is 25.3 Å². The van der Waals surface area contributed by atoms with Crippen molar-refractivity contribution in [2.45, 2.75) is 52.0 Å². The maximum absolute atomic E-state index is 13.1. The summed E-state index contributed by atoms with van der Waals surface area (Å²) < 4.78 is 0. The van der Waals surface area contributed by atoms with Crippen LogP contribution in [0.2, 0.25) is 0 Å². The van der Waals surface area contributed by atoms with Crippen LogP contribution >= 0.6 is 11.8 Å². The van der Waals surface area contributed by atoms with Crippen molar-refractivity contribution in [3.63, 3.8) is 0 Å². The Morgan fingerprint density at radius 3 is 2.31 bits per heavy atom. The zero-order valence-corrected chi connectivity index (χ0v) is 18.5. The predicted molar refractivity (Wildman–Crippen MR) is 122 cm³/mol. The van der Waals surface area contributed by atoms with E-state index in [0.717, 1.165) is 17.7 Å². The van der Waals surface area contributed by atoms with Gasteiger partial charge < -0.3 is 10.2 Å². The monoisotopic (exact) mass is 412 g/mol. The Balaban J connectivity index is 2.09. The van der Waals surface area contributed by atoms with E-state index in [2.05, 4.69) is 17.4 Å². The number of nitrogens with one attached hydrogen (secondary N) is 1. The van der Waals surface area contributed by atoms with Crippen molar-refractivity contribution >= 4 is 23.6 Å². The van der Waals surface area contributed by atoms with Gasteiger partial charge >= 0.3 is 0 Å². The van der Waals surface area contributed by atoms with E-state index >= 15 is 0 Å². The Hall–Kier alpha value is -2.27. The van der Waals surface area contributed by atoms with E-state index in [1.165, 1.54) is 11.1 Å². The molecule has 0 aliphatic carbocycles. The second-order valence-electron chi connectivity index (χ2n) is 7.20. The maximum atomic E-state index is 13.1. The van der Waals surface area contributed by atoms with Crippen LogP contribution < -0.4 is 5.32 Å². The largest absolute Gasteiger partial charge is 0.354 e. The third-order valence-corrected chi connectivity index (χ3v) is 5.73. The van der Waals surface area contributed by atoms with Crippen LogP contribution in [-0.4, -0.2) is 35.1 Å². The summed E-state index contributed by atoms with van der Waals surface area (Å²) in [6.45, 7) is 7.10. The topological polar surface area (TPSA) is 49.4 Å². The fourth-order valence-corrected chi connectivity index (χ4v) is 3.96. The molecule has 0 radical (unpaired) electrons. The number of rotatable bonds is 11. The molecule has 0 saturated heterocycles. The SMILES string of the molecule is CCCNC(=O)[C@H](CC)N(Cc1ccc(C)cc1)C(=O)CSCc1ccccc1. The molecule has 2 amide bonds. The molecule has 5 heteroatoms. The van der Waals surface area contributed by atoms with Crippen LogP contribution in [-0.2, 0) is 21.9 Å². The Morgan fingerprint density at radius 1 is 1.00 bits per heavy atom. The normalized spacial score (nSPS) is 11.7. The van der Waals surface area contributed by atoms with E-state index in [9.17, 15) is 9.59 Å². The van der Waals surface area contributed by atoms with E-state index in [1.54, 1.807) is 16.7 Å². The van der Waals surface area contributed by atoms with Crippen LogP contribution in [0, 0.1) is 6.92 Å². The van der Waals surface area contributed by atoms with Gasteiger partial charge in [0.25, 0.3) is 0 Å². The van der Waals surface area contributed by atoms with Crippen LogP contribution in [0.25, 0.3) is 0 Å². The minimum absolute atomic E-state index is 0.00463. The number of aryl methyl sites for hydroxylation is 1. The highest BCUT2D eigenvalue weighted by Gasteiger charge is 2.28.